The Labute approximate surface area is 129 Å². The van der Waals surface area contributed by atoms with Gasteiger partial charge in [-0.2, -0.15) is 4.31 Å². The molecule has 2 rings (SSSR count). The Morgan fingerprint density at radius 3 is 2.24 bits per heavy atom. The summed E-state index contributed by atoms with van der Waals surface area (Å²) in [6, 6.07) is 5.08. The molecular weight excluding hydrogens is 338 g/mol. The lowest BCUT2D eigenvalue weighted by Crippen LogP contribution is -2.40. The van der Waals surface area contributed by atoms with Gasteiger partial charge in [0.2, 0.25) is 10.0 Å². The summed E-state index contributed by atoms with van der Waals surface area (Å²) in [6.45, 7) is 0.692. The third-order valence-electron chi connectivity index (χ3n) is 3.46. The minimum absolute atomic E-state index is 0.0611. The van der Waals surface area contributed by atoms with Crippen LogP contribution in [0.5, 0.6) is 0 Å². The Morgan fingerprint density at radius 1 is 1.14 bits per heavy atom. The fourth-order valence-electron chi connectivity index (χ4n) is 2.24. The third-order valence-corrected chi connectivity index (χ3v) is 6.71. The highest BCUT2D eigenvalue weighted by Crippen LogP contribution is 2.24. The fourth-order valence-corrected chi connectivity index (χ4v) is 4.63. The number of methoxy groups -OCH3 is 1. The highest BCUT2D eigenvalue weighted by molar-refractivity contribution is 8.13. The zero-order valence-electron chi connectivity index (χ0n) is 11.4. The maximum atomic E-state index is 12.5. The van der Waals surface area contributed by atoms with Crippen LogP contribution in [0.1, 0.15) is 12.8 Å². The van der Waals surface area contributed by atoms with Gasteiger partial charge in [0.25, 0.3) is 9.05 Å². The maximum Gasteiger partial charge on any atom is 0.261 e. The van der Waals surface area contributed by atoms with Crippen LogP contribution in [0.3, 0.4) is 0 Å². The van der Waals surface area contributed by atoms with Crippen molar-refractivity contribution < 1.29 is 21.6 Å². The Bertz CT molecular complexity index is 709. The van der Waals surface area contributed by atoms with E-state index in [0.717, 1.165) is 6.07 Å². The van der Waals surface area contributed by atoms with Crippen LogP contribution >= 0.6 is 10.7 Å². The van der Waals surface area contributed by atoms with Crippen LogP contribution < -0.4 is 0 Å². The van der Waals surface area contributed by atoms with E-state index in [1.54, 1.807) is 7.11 Å². The number of hydrogen-bond acceptors (Lipinski definition) is 5. The van der Waals surface area contributed by atoms with Crippen LogP contribution in [0.25, 0.3) is 0 Å². The first-order valence-electron chi connectivity index (χ1n) is 6.33. The Kier molecular flexibility index (Phi) is 4.94. The summed E-state index contributed by atoms with van der Waals surface area (Å²) in [5, 5.41) is 0. The van der Waals surface area contributed by atoms with Gasteiger partial charge in [0.15, 0.2) is 0 Å². The highest BCUT2D eigenvalue weighted by atomic mass is 35.7. The molecule has 1 aliphatic rings. The molecule has 1 saturated heterocycles. The summed E-state index contributed by atoms with van der Waals surface area (Å²) in [5.74, 6) is 0. The number of benzene rings is 1. The van der Waals surface area contributed by atoms with Crippen molar-refractivity contribution in [3.05, 3.63) is 24.3 Å². The largest absolute Gasteiger partial charge is 0.381 e. The first-order chi connectivity index (χ1) is 9.75. The van der Waals surface area contributed by atoms with Gasteiger partial charge in [-0.15, -0.1) is 0 Å². The first kappa shape index (κ1) is 16.7. The molecule has 1 aliphatic heterocycles. The minimum Gasteiger partial charge on any atom is -0.381 e. The number of piperidine rings is 1. The number of hydrogen-bond donors (Lipinski definition) is 0. The van der Waals surface area contributed by atoms with E-state index in [1.807, 2.05) is 0 Å². The summed E-state index contributed by atoms with van der Waals surface area (Å²) >= 11 is 0. The van der Waals surface area contributed by atoms with Crippen LogP contribution in [-0.2, 0) is 23.8 Å². The molecule has 21 heavy (non-hydrogen) atoms. The van der Waals surface area contributed by atoms with E-state index < -0.39 is 19.1 Å². The zero-order chi connectivity index (χ0) is 15.7. The Balaban J connectivity index is 2.29. The van der Waals surface area contributed by atoms with Gasteiger partial charge >= 0.3 is 0 Å². The van der Waals surface area contributed by atoms with Crippen molar-refractivity contribution in [2.75, 3.05) is 20.2 Å². The van der Waals surface area contributed by atoms with Crippen LogP contribution in [0.4, 0.5) is 0 Å². The predicted octanol–water partition coefficient (Wildman–Crippen LogP) is 1.41. The van der Waals surface area contributed by atoms with Gasteiger partial charge in [-0.1, -0.05) is 6.07 Å². The lowest BCUT2D eigenvalue weighted by molar-refractivity contribution is 0.0604. The number of ether oxygens (including phenoxy) is 1. The van der Waals surface area contributed by atoms with Gasteiger partial charge in [0.05, 0.1) is 15.9 Å². The van der Waals surface area contributed by atoms with Gasteiger partial charge in [-0.25, -0.2) is 16.8 Å². The molecule has 1 fully saturated rings. The molecule has 1 aromatic carbocycles. The van der Waals surface area contributed by atoms with Crippen molar-refractivity contribution in [1.29, 1.82) is 0 Å². The van der Waals surface area contributed by atoms with Crippen LogP contribution in [0.2, 0.25) is 0 Å². The molecule has 0 aromatic heterocycles. The average molecular weight is 354 g/mol. The molecule has 0 atom stereocenters. The molecule has 1 aromatic rings. The summed E-state index contributed by atoms with van der Waals surface area (Å²) < 4.78 is 54.2. The Morgan fingerprint density at radius 2 is 1.71 bits per heavy atom. The SMILES string of the molecule is COC1CCN(S(=O)(=O)c2cccc(S(=O)(=O)Cl)c2)CC1. The van der Waals surface area contributed by atoms with Gasteiger partial charge < -0.3 is 4.74 Å². The molecule has 118 valence electrons. The van der Waals surface area contributed by atoms with E-state index >= 15 is 0 Å². The topological polar surface area (TPSA) is 80.8 Å². The van der Waals surface area contributed by atoms with E-state index in [2.05, 4.69) is 0 Å². The van der Waals surface area contributed by atoms with E-state index in [4.69, 9.17) is 15.4 Å². The monoisotopic (exact) mass is 353 g/mol. The highest BCUT2D eigenvalue weighted by Gasteiger charge is 2.30. The maximum absolute atomic E-state index is 12.5. The zero-order valence-corrected chi connectivity index (χ0v) is 13.8. The molecular formula is C12H16ClNO5S2. The molecule has 6 nitrogen and oxygen atoms in total. The molecule has 0 N–H and O–H groups in total. The second-order valence-corrected chi connectivity index (χ2v) is 9.26. The van der Waals surface area contributed by atoms with Crippen molar-refractivity contribution in [1.82, 2.24) is 4.31 Å². The van der Waals surface area contributed by atoms with Crippen LogP contribution in [0.15, 0.2) is 34.1 Å². The van der Waals surface area contributed by atoms with Crippen molar-refractivity contribution in [2.45, 2.75) is 28.7 Å². The lowest BCUT2D eigenvalue weighted by atomic mass is 10.1. The molecule has 0 radical (unpaired) electrons. The first-order valence-corrected chi connectivity index (χ1v) is 10.1. The molecule has 0 spiro atoms. The minimum atomic E-state index is -3.96. The van der Waals surface area contributed by atoms with Crippen molar-refractivity contribution in [3.8, 4) is 0 Å². The van der Waals surface area contributed by atoms with Crippen LogP contribution in [0, 0.1) is 0 Å². The average Bonchev–Trinajstić information content (AvgIpc) is 2.46. The van der Waals surface area contributed by atoms with E-state index in [-0.39, 0.29) is 15.9 Å². The van der Waals surface area contributed by atoms with Gasteiger partial charge in [-0.3, -0.25) is 0 Å². The number of rotatable bonds is 4. The van der Waals surface area contributed by atoms with Gasteiger partial charge in [0, 0.05) is 30.9 Å². The molecule has 0 saturated carbocycles. The fraction of sp³-hybridized carbons (Fsp3) is 0.500. The molecule has 1 heterocycles. The van der Waals surface area contributed by atoms with Gasteiger partial charge in [0.1, 0.15) is 0 Å². The normalized spacial score (nSPS) is 18.8. The van der Waals surface area contributed by atoms with Crippen LogP contribution in [-0.4, -0.2) is 47.4 Å². The molecule has 0 unspecified atom stereocenters. The summed E-state index contributed by atoms with van der Waals surface area (Å²) in [4.78, 5) is -0.294. The predicted molar refractivity (Wildman–Crippen MR) is 78.3 cm³/mol. The molecule has 0 bridgehead atoms. The van der Waals surface area contributed by atoms with E-state index in [9.17, 15) is 16.8 Å². The summed E-state index contributed by atoms with van der Waals surface area (Å²) in [6.07, 6.45) is 1.29. The second-order valence-electron chi connectivity index (χ2n) is 4.75. The van der Waals surface area contributed by atoms with Crippen molar-refractivity contribution >= 4 is 29.8 Å². The van der Waals surface area contributed by atoms with E-state index in [1.165, 1.54) is 22.5 Å². The smallest absolute Gasteiger partial charge is 0.261 e. The van der Waals surface area contributed by atoms with E-state index in [0.29, 0.717) is 25.9 Å². The number of nitrogens with zero attached hydrogens (tertiary/aromatic N) is 1. The molecule has 0 amide bonds. The third kappa shape index (κ3) is 3.75. The number of halogens is 1. The van der Waals surface area contributed by atoms with Crippen molar-refractivity contribution in [2.24, 2.45) is 0 Å². The quantitative estimate of drug-likeness (QED) is 0.764. The standard InChI is InChI=1S/C12H16ClNO5S2/c1-19-10-5-7-14(8-6-10)21(17,18)12-4-2-3-11(9-12)20(13,15)16/h2-4,9-10H,5-8H2,1H3. The van der Waals surface area contributed by atoms with Gasteiger partial charge in [-0.05, 0) is 31.0 Å². The lowest BCUT2D eigenvalue weighted by Gasteiger charge is -2.30. The second kappa shape index (κ2) is 6.21. The molecule has 0 aliphatic carbocycles. The summed E-state index contributed by atoms with van der Waals surface area (Å²) in [5.41, 5.74) is 0. The van der Waals surface area contributed by atoms with Crippen molar-refractivity contribution in [3.63, 3.8) is 0 Å². The number of sulfonamides is 1. The molecule has 9 heteroatoms. The Hall–Kier alpha value is -0.670. The summed E-state index contributed by atoms with van der Waals surface area (Å²) in [7, 11) is -0.829.